The molecule has 2 rings (SSSR count). The van der Waals surface area contributed by atoms with Crippen LogP contribution in [0, 0.1) is 5.41 Å². The highest BCUT2D eigenvalue weighted by molar-refractivity contribution is 6.31. The number of nitrogens with two attached hydrogens (primary N) is 1. The highest BCUT2D eigenvalue weighted by atomic mass is 35.5. The monoisotopic (exact) mass is 266 g/mol. The van der Waals surface area contributed by atoms with E-state index in [1.165, 1.54) is 24.1 Å². The van der Waals surface area contributed by atoms with Crippen molar-refractivity contribution in [1.29, 1.82) is 0 Å². The van der Waals surface area contributed by atoms with Crippen LogP contribution in [0.2, 0.25) is 5.02 Å². The number of nitrogens with zero attached hydrogens (tertiary/aromatic N) is 1. The Morgan fingerprint density at radius 2 is 2.17 bits per heavy atom. The molecule has 1 aliphatic heterocycles. The fourth-order valence-corrected chi connectivity index (χ4v) is 3.13. The number of piperidine rings is 1. The van der Waals surface area contributed by atoms with Crippen molar-refractivity contribution in [2.24, 2.45) is 11.1 Å². The number of halogens is 1. The normalized spacial score (nSPS) is 19.0. The molecule has 0 aromatic heterocycles. The highest BCUT2D eigenvalue weighted by Crippen LogP contribution is 2.35. The molecule has 0 spiro atoms. The van der Waals surface area contributed by atoms with Gasteiger partial charge in [-0.1, -0.05) is 31.5 Å². The Balaban J connectivity index is 2.29. The quantitative estimate of drug-likeness (QED) is 0.908. The van der Waals surface area contributed by atoms with Crippen molar-refractivity contribution in [3.8, 4) is 0 Å². The van der Waals surface area contributed by atoms with Crippen molar-refractivity contribution in [3.05, 3.63) is 28.8 Å². The Bertz CT molecular complexity index is 415. The van der Waals surface area contributed by atoms with Crippen molar-refractivity contribution in [3.63, 3.8) is 0 Å². The van der Waals surface area contributed by atoms with Crippen molar-refractivity contribution >= 4 is 17.3 Å². The van der Waals surface area contributed by atoms with Gasteiger partial charge >= 0.3 is 0 Å². The Labute approximate surface area is 115 Å². The van der Waals surface area contributed by atoms with E-state index in [-0.39, 0.29) is 0 Å². The SMILES string of the molecule is CC1(C)CCCN(c2cccc(Cl)c2CCN)C1. The summed E-state index contributed by atoms with van der Waals surface area (Å²) in [4.78, 5) is 2.47. The molecular formula is C15H23ClN2. The third kappa shape index (κ3) is 2.99. The number of hydrogen-bond acceptors (Lipinski definition) is 2. The summed E-state index contributed by atoms with van der Waals surface area (Å²) < 4.78 is 0. The standard InChI is InChI=1S/C15H23ClN2/c1-15(2)8-4-10-18(11-15)14-6-3-5-13(16)12(14)7-9-17/h3,5-6H,4,7-11,17H2,1-2H3. The minimum absolute atomic E-state index is 0.389. The molecule has 1 heterocycles. The van der Waals surface area contributed by atoms with Gasteiger partial charge in [0.25, 0.3) is 0 Å². The zero-order valence-electron chi connectivity index (χ0n) is 11.4. The summed E-state index contributed by atoms with van der Waals surface area (Å²) in [5.74, 6) is 0. The van der Waals surface area contributed by atoms with Gasteiger partial charge in [-0.3, -0.25) is 0 Å². The summed E-state index contributed by atoms with van der Waals surface area (Å²) in [7, 11) is 0. The average molecular weight is 267 g/mol. The van der Waals surface area contributed by atoms with E-state index in [9.17, 15) is 0 Å². The summed E-state index contributed by atoms with van der Waals surface area (Å²) >= 11 is 6.32. The Kier molecular flexibility index (Phi) is 4.18. The first-order valence-corrected chi connectivity index (χ1v) is 7.14. The Morgan fingerprint density at radius 1 is 1.39 bits per heavy atom. The van der Waals surface area contributed by atoms with Gasteiger partial charge in [0.05, 0.1) is 0 Å². The van der Waals surface area contributed by atoms with Gasteiger partial charge < -0.3 is 10.6 Å². The summed E-state index contributed by atoms with van der Waals surface area (Å²) in [5, 5.41) is 0.848. The van der Waals surface area contributed by atoms with Crippen LogP contribution >= 0.6 is 11.6 Å². The van der Waals surface area contributed by atoms with Crippen LogP contribution in [-0.2, 0) is 6.42 Å². The first-order chi connectivity index (χ1) is 8.53. The topological polar surface area (TPSA) is 29.3 Å². The second-order valence-electron chi connectivity index (χ2n) is 5.97. The van der Waals surface area contributed by atoms with Crippen LogP contribution in [0.25, 0.3) is 0 Å². The summed E-state index contributed by atoms with van der Waals surface area (Å²) in [6.45, 7) is 7.55. The van der Waals surface area contributed by atoms with E-state index in [4.69, 9.17) is 17.3 Å². The maximum absolute atomic E-state index is 6.32. The molecule has 0 atom stereocenters. The van der Waals surface area contributed by atoms with Gasteiger partial charge in [-0.25, -0.2) is 0 Å². The smallest absolute Gasteiger partial charge is 0.0459 e. The molecule has 1 aromatic rings. The summed E-state index contributed by atoms with van der Waals surface area (Å²) in [6.07, 6.45) is 3.41. The Morgan fingerprint density at radius 3 is 2.83 bits per heavy atom. The fraction of sp³-hybridized carbons (Fsp3) is 0.600. The van der Waals surface area contributed by atoms with Crippen molar-refractivity contribution in [1.82, 2.24) is 0 Å². The Hall–Kier alpha value is -0.730. The zero-order valence-corrected chi connectivity index (χ0v) is 12.1. The lowest BCUT2D eigenvalue weighted by Gasteiger charge is -2.40. The molecular weight excluding hydrogens is 244 g/mol. The molecule has 1 saturated heterocycles. The van der Waals surface area contributed by atoms with E-state index < -0.39 is 0 Å². The maximum Gasteiger partial charge on any atom is 0.0459 e. The van der Waals surface area contributed by atoms with E-state index >= 15 is 0 Å². The molecule has 1 aliphatic rings. The van der Waals surface area contributed by atoms with E-state index in [1.807, 2.05) is 12.1 Å². The van der Waals surface area contributed by atoms with Crippen molar-refractivity contribution < 1.29 is 0 Å². The van der Waals surface area contributed by atoms with Crippen molar-refractivity contribution in [2.45, 2.75) is 33.1 Å². The van der Waals surface area contributed by atoms with Gasteiger partial charge in [-0.15, -0.1) is 0 Å². The molecule has 2 nitrogen and oxygen atoms in total. The van der Waals surface area contributed by atoms with Gasteiger partial charge in [-0.05, 0) is 48.9 Å². The summed E-state index contributed by atoms with van der Waals surface area (Å²) in [6, 6.07) is 6.18. The lowest BCUT2D eigenvalue weighted by atomic mass is 9.83. The fourth-order valence-electron chi connectivity index (χ4n) is 2.86. The minimum atomic E-state index is 0.389. The molecule has 0 unspecified atom stereocenters. The third-order valence-corrected chi connectivity index (χ3v) is 4.08. The van der Waals surface area contributed by atoms with Crippen LogP contribution in [0.3, 0.4) is 0 Å². The third-order valence-electron chi connectivity index (χ3n) is 3.73. The van der Waals surface area contributed by atoms with Gasteiger partial charge in [0.1, 0.15) is 0 Å². The predicted molar refractivity (Wildman–Crippen MR) is 79.4 cm³/mol. The molecule has 18 heavy (non-hydrogen) atoms. The predicted octanol–water partition coefficient (Wildman–Crippen LogP) is 3.47. The van der Waals surface area contributed by atoms with Crippen LogP contribution in [0.15, 0.2) is 18.2 Å². The lowest BCUT2D eigenvalue weighted by molar-refractivity contribution is 0.293. The van der Waals surface area contributed by atoms with E-state index in [0.29, 0.717) is 12.0 Å². The molecule has 1 fully saturated rings. The largest absolute Gasteiger partial charge is 0.371 e. The van der Waals surface area contributed by atoms with Gasteiger partial charge in [0.2, 0.25) is 0 Å². The number of anilines is 1. The second kappa shape index (κ2) is 5.50. The molecule has 2 N–H and O–H groups in total. The first-order valence-electron chi connectivity index (χ1n) is 6.76. The highest BCUT2D eigenvalue weighted by Gasteiger charge is 2.27. The minimum Gasteiger partial charge on any atom is -0.371 e. The lowest BCUT2D eigenvalue weighted by Crippen LogP contribution is -2.40. The van der Waals surface area contributed by atoms with Gasteiger partial charge in [0, 0.05) is 23.8 Å². The van der Waals surface area contributed by atoms with Gasteiger partial charge in [-0.2, -0.15) is 0 Å². The van der Waals surface area contributed by atoms with Crippen LogP contribution in [0.4, 0.5) is 5.69 Å². The molecule has 0 radical (unpaired) electrons. The summed E-state index contributed by atoms with van der Waals surface area (Å²) in [5.41, 5.74) is 8.58. The number of benzene rings is 1. The molecule has 3 heteroatoms. The molecule has 0 saturated carbocycles. The molecule has 0 amide bonds. The van der Waals surface area contributed by atoms with E-state index in [1.54, 1.807) is 0 Å². The van der Waals surface area contributed by atoms with Crippen LogP contribution < -0.4 is 10.6 Å². The maximum atomic E-state index is 6.32. The zero-order chi connectivity index (χ0) is 13.2. The van der Waals surface area contributed by atoms with Crippen molar-refractivity contribution in [2.75, 3.05) is 24.5 Å². The van der Waals surface area contributed by atoms with E-state index in [2.05, 4.69) is 24.8 Å². The molecule has 0 aliphatic carbocycles. The molecule has 100 valence electrons. The number of hydrogen-bond donors (Lipinski definition) is 1. The van der Waals surface area contributed by atoms with Crippen LogP contribution in [-0.4, -0.2) is 19.6 Å². The molecule has 1 aromatic carbocycles. The van der Waals surface area contributed by atoms with E-state index in [0.717, 1.165) is 24.5 Å². The number of rotatable bonds is 3. The van der Waals surface area contributed by atoms with Gasteiger partial charge in [0.15, 0.2) is 0 Å². The average Bonchev–Trinajstić information content (AvgIpc) is 2.30. The first kappa shape index (κ1) is 13.7. The van der Waals surface area contributed by atoms with Crippen LogP contribution in [0.1, 0.15) is 32.3 Å². The van der Waals surface area contributed by atoms with Crippen LogP contribution in [0.5, 0.6) is 0 Å². The molecule has 0 bridgehead atoms. The second-order valence-corrected chi connectivity index (χ2v) is 6.37.